The van der Waals surface area contributed by atoms with E-state index >= 15 is 0 Å². The van der Waals surface area contributed by atoms with Gasteiger partial charge in [-0.1, -0.05) is 40.9 Å². The Morgan fingerprint density at radius 1 is 1.15 bits per heavy atom. The van der Waals surface area contributed by atoms with Crippen LogP contribution in [-0.4, -0.2) is 4.98 Å². The minimum absolute atomic E-state index is 0.343. The van der Waals surface area contributed by atoms with Crippen LogP contribution in [0.4, 0.5) is 0 Å². The molecule has 0 aliphatic heterocycles. The summed E-state index contributed by atoms with van der Waals surface area (Å²) in [4.78, 5) is 3.29. The third-order valence-corrected chi connectivity index (χ3v) is 2.41. The minimum atomic E-state index is -1.51. The molecule has 0 aliphatic rings. The van der Waals surface area contributed by atoms with Gasteiger partial charge in [0.15, 0.2) is 0 Å². The molecular weight excluding hydrogens is 275 g/mol. The first-order valence-electron chi connectivity index (χ1n) is 3.22. The highest BCUT2D eigenvalue weighted by molar-refractivity contribution is 6.66. The lowest BCUT2D eigenvalue weighted by atomic mass is 10.3. The SMILES string of the molecule is ClC(Cl)c1ccc(C(Cl)(Cl)Cl)nc1. The number of halogens is 5. The van der Waals surface area contributed by atoms with Crippen molar-refractivity contribution in [3.8, 4) is 0 Å². The molecule has 1 aromatic heterocycles. The normalized spacial score (nSPS) is 12.2. The Morgan fingerprint density at radius 3 is 2.08 bits per heavy atom. The van der Waals surface area contributed by atoms with Gasteiger partial charge in [-0.15, -0.1) is 23.2 Å². The van der Waals surface area contributed by atoms with Crippen molar-refractivity contribution < 1.29 is 0 Å². The van der Waals surface area contributed by atoms with Crippen molar-refractivity contribution in [1.82, 2.24) is 4.98 Å². The number of alkyl halides is 5. The van der Waals surface area contributed by atoms with Gasteiger partial charge < -0.3 is 0 Å². The van der Waals surface area contributed by atoms with Gasteiger partial charge in [0.25, 0.3) is 0 Å². The Bertz CT molecular complexity index is 276. The number of hydrogen-bond acceptors (Lipinski definition) is 1. The molecule has 0 radical (unpaired) electrons. The number of rotatable bonds is 1. The van der Waals surface area contributed by atoms with Crippen LogP contribution in [0.15, 0.2) is 18.3 Å². The van der Waals surface area contributed by atoms with Crippen LogP contribution in [0, 0.1) is 0 Å². The summed E-state index contributed by atoms with van der Waals surface area (Å²) in [7, 11) is 0. The van der Waals surface area contributed by atoms with E-state index in [0.29, 0.717) is 11.3 Å². The average Bonchev–Trinajstić information content (AvgIpc) is 2.03. The van der Waals surface area contributed by atoms with Crippen LogP contribution in [0.5, 0.6) is 0 Å². The number of aromatic nitrogens is 1. The second-order valence-electron chi connectivity index (χ2n) is 2.28. The van der Waals surface area contributed by atoms with Crippen LogP contribution in [-0.2, 0) is 3.79 Å². The van der Waals surface area contributed by atoms with E-state index < -0.39 is 8.63 Å². The van der Waals surface area contributed by atoms with E-state index in [2.05, 4.69) is 4.98 Å². The minimum Gasteiger partial charge on any atom is -0.256 e. The third-order valence-electron chi connectivity index (χ3n) is 1.33. The molecule has 0 spiro atoms. The van der Waals surface area contributed by atoms with Crippen LogP contribution in [0.3, 0.4) is 0 Å². The number of hydrogen-bond donors (Lipinski definition) is 0. The summed E-state index contributed by atoms with van der Waals surface area (Å²) in [6, 6.07) is 3.23. The van der Waals surface area contributed by atoms with E-state index in [0.717, 1.165) is 0 Å². The molecule has 0 aromatic carbocycles. The van der Waals surface area contributed by atoms with Gasteiger partial charge in [-0.05, 0) is 6.07 Å². The summed E-state index contributed by atoms with van der Waals surface area (Å²) in [5, 5.41) is 0. The average molecular weight is 279 g/mol. The highest BCUT2D eigenvalue weighted by Gasteiger charge is 2.24. The Morgan fingerprint density at radius 2 is 1.77 bits per heavy atom. The number of pyridine rings is 1. The third kappa shape index (κ3) is 3.34. The van der Waals surface area contributed by atoms with Gasteiger partial charge in [0, 0.05) is 11.8 Å². The fourth-order valence-electron chi connectivity index (χ4n) is 0.702. The van der Waals surface area contributed by atoms with Gasteiger partial charge in [0.1, 0.15) is 4.84 Å². The Kier molecular flexibility index (Phi) is 3.96. The van der Waals surface area contributed by atoms with Crippen LogP contribution in [0.2, 0.25) is 0 Å². The molecule has 0 amide bonds. The summed E-state index contributed by atoms with van der Waals surface area (Å²) in [6.45, 7) is 0. The predicted molar refractivity (Wildman–Crippen MR) is 57.9 cm³/mol. The van der Waals surface area contributed by atoms with E-state index in [4.69, 9.17) is 58.0 Å². The van der Waals surface area contributed by atoms with Crippen LogP contribution >= 0.6 is 58.0 Å². The molecule has 0 aliphatic carbocycles. The fraction of sp³-hybridized carbons (Fsp3) is 0.286. The van der Waals surface area contributed by atoms with Crippen LogP contribution < -0.4 is 0 Å². The molecule has 1 heterocycles. The molecule has 72 valence electrons. The molecule has 1 rings (SSSR count). The maximum Gasteiger partial charge on any atom is 0.232 e. The first-order chi connectivity index (χ1) is 5.91. The molecule has 0 N–H and O–H groups in total. The molecule has 0 unspecified atom stereocenters. The maximum absolute atomic E-state index is 5.60. The molecular formula is C7H4Cl5N. The first-order valence-corrected chi connectivity index (χ1v) is 5.23. The zero-order valence-corrected chi connectivity index (χ0v) is 9.93. The maximum atomic E-state index is 5.60. The summed E-state index contributed by atoms with van der Waals surface area (Å²) in [5.74, 6) is 0. The van der Waals surface area contributed by atoms with Gasteiger partial charge >= 0.3 is 0 Å². The molecule has 1 aromatic rings. The van der Waals surface area contributed by atoms with Crippen molar-refractivity contribution in [2.24, 2.45) is 0 Å². The summed E-state index contributed by atoms with van der Waals surface area (Å²) >= 11 is 28.0. The van der Waals surface area contributed by atoms with Crippen molar-refractivity contribution in [1.29, 1.82) is 0 Å². The van der Waals surface area contributed by atoms with Gasteiger partial charge in [-0.2, -0.15) is 0 Å². The Hall–Kier alpha value is 0.600. The van der Waals surface area contributed by atoms with E-state index in [-0.39, 0.29) is 0 Å². The van der Waals surface area contributed by atoms with Crippen molar-refractivity contribution in [3.05, 3.63) is 29.6 Å². The highest BCUT2D eigenvalue weighted by Crippen LogP contribution is 2.37. The van der Waals surface area contributed by atoms with Crippen molar-refractivity contribution in [3.63, 3.8) is 0 Å². The van der Waals surface area contributed by atoms with Crippen molar-refractivity contribution in [2.45, 2.75) is 8.63 Å². The quantitative estimate of drug-likeness (QED) is 0.695. The van der Waals surface area contributed by atoms with E-state index in [1.807, 2.05) is 0 Å². The standard InChI is InChI=1S/C7H4Cl5N/c8-6(9)4-1-2-5(13-3-4)7(10,11)12/h1-3,6H. The molecule has 0 bridgehead atoms. The smallest absolute Gasteiger partial charge is 0.232 e. The van der Waals surface area contributed by atoms with Crippen LogP contribution in [0.25, 0.3) is 0 Å². The van der Waals surface area contributed by atoms with E-state index in [1.165, 1.54) is 6.20 Å². The lowest BCUT2D eigenvalue weighted by Gasteiger charge is -2.10. The van der Waals surface area contributed by atoms with Crippen LogP contribution in [0.1, 0.15) is 16.1 Å². The predicted octanol–water partition coefficient (Wildman–Crippen LogP) is 4.38. The Balaban J connectivity index is 2.94. The van der Waals surface area contributed by atoms with E-state index in [9.17, 15) is 0 Å². The fourth-order valence-corrected chi connectivity index (χ4v) is 1.30. The second-order valence-corrected chi connectivity index (χ2v) is 5.65. The summed E-state index contributed by atoms with van der Waals surface area (Å²) in [6.07, 6.45) is 1.47. The molecule has 0 saturated heterocycles. The Labute approximate surface area is 101 Å². The zero-order chi connectivity index (χ0) is 10.1. The molecule has 0 fully saturated rings. The second kappa shape index (κ2) is 4.41. The molecule has 1 nitrogen and oxygen atoms in total. The molecule has 0 saturated carbocycles. The molecule has 6 heteroatoms. The van der Waals surface area contributed by atoms with Crippen molar-refractivity contribution >= 4 is 58.0 Å². The molecule has 0 atom stereocenters. The first kappa shape index (κ1) is 11.7. The number of nitrogens with zero attached hydrogens (tertiary/aromatic N) is 1. The van der Waals surface area contributed by atoms with E-state index in [1.54, 1.807) is 12.1 Å². The summed E-state index contributed by atoms with van der Waals surface area (Å²) < 4.78 is -1.51. The van der Waals surface area contributed by atoms with Gasteiger partial charge in [-0.3, -0.25) is 4.98 Å². The monoisotopic (exact) mass is 277 g/mol. The lowest BCUT2D eigenvalue weighted by molar-refractivity contribution is 1.06. The topological polar surface area (TPSA) is 12.9 Å². The largest absolute Gasteiger partial charge is 0.256 e. The molecule has 13 heavy (non-hydrogen) atoms. The highest BCUT2D eigenvalue weighted by atomic mass is 35.6. The lowest BCUT2D eigenvalue weighted by Crippen LogP contribution is -2.03. The van der Waals surface area contributed by atoms with Crippen molar-refractivity contribution in [2.75, 3.05) is 0 Å². The van der Waals surface area contributed by atoms with Gasteiger partial charge in [0.05, 0.1) is 5.69 Å². The van der Waals surface area contributed by atoms with Gasteiger partial charge in [-0.25, -0.2) is 0 Å². The zero-order valence-electron chi connectivity index (χ0n) is 6.15. The van der Waals surface area contributed by atoms with Gasteiger partial charge in [0.2, 0.25) is 3.79 Å². The summed E-state index contributed by atoms with van der Waals surface area (Å²) in [5.41, 5.74) is 1.01.